The number of carbonyl (C=O) groups is 5. The highest BCUT2D eigenvalue weighted by Crippen LogP contribution is 2.35. The van der Waals surface area contributed by atoms with Crippen molar-refractivity contribution in [1.29, 1.82) is 0 Å². The third-order valence-electron chi connectivity index (χ3n) is 7.16. The van der Waals surface area contributed by atoms with Crippen LogP contribution in [0.4, 0.5) is 0 Å². The fourth-order valence-corrected chi connectivity index (χ4v) is 5.25. The predicted molar refractivity (Wildman–Crippen MR) is 157 cm³/mol. The molecule has 248 valence electrons. The molecule has 1 fully saturated rings. The summed E-state index contributed by atoms with van der Waals surface area (Å²) in [5, 5.41) is 2.89. The van der Waals surface area contributed by atoms with Gasteiger partial charge in [-0.05, 0) is 35.7 Å². The summed E-state index contributed by atoms with van der Waals surface area (Å²) in [5.41, 5.74) is 2.47. The molecule has 0 aromatic heterocycles. The average molecular weight is 644 g/mol. The minimum absolute atomic E-state index is 0.0736. The lowest BCUT2D eigenvalue weighted by Gasteiger charge is -2.44. The van der Waals surface area contributed by atoms with Crippen molar-refractivity contribution in [1.82, 2.24) is 5.32 Å². The smallest absolute Gasteiger partial charge is 0.303 e. The molecule has 2 aliphatic heterocycles. The van der Waals surface area contributed by atoms with Gasteiger partial charge in [0.25, 0.3) is 5.91 Å². The van der Waals surface area contributed by atoms with Crippen LogP contribution in [0.3, 0.4) is 0 Å². The normalized spacial score (nSPS) is 23.6. The van der Waals surface area contributed by atoms with Gasteiger partial charge < -0.3 is 43.2 Å². The fourth-order valence-electron chi connectivity index (χ4n) is 5.25. The number of amides is 1. The van der Waals surface area contributed by atoms with Crippen LogP contribution in [0.5, 0.6) is 11.5 Å². The van der Waals surface area contributed by atoms with Crippen LogP contribution in [0.25, 0.3) is 0 Å². The first kappa shape index (κ1) is 34.2. The minimum atomic E-state index is -1.47. The molecular formula is C32H37NO13. The van der Waals surface area contributed by atoms with E-state index in [1.165, 1.54) is 37.8 Å². The summed E-state index contributed by atoms with van der Waals surface area (Å²) in [4.78, 5) is 60.9. The maximum atomic E-state index is 13.1. The molecule has 0 saturated carbocycles. The Hall–Kier alpha value is -4.69. The van der Waals surface area contributed by atoms with Crippen molar-refractivity contribution < 1.29 is 61.9 Å². The van der Waals surface area contributed by atoms with Gasteiger partial charge in [-0.2, -0.15) is 0 Å². The van der Waals surface area contributed by atoms with Crippen molar-refractivity contribution in [3.05, 3.63) is 59.2 Å². The van der Waals surface area contributed by atoms with Gasteiger partial charge in [0.2, 0.25) is 12.4 Å². The van der Waals surface area contributed by atoms with Gasteiger partial charge >= 0.3 is 23.9 Å². The molecule has 1 amide bonds. The monoisotopic (exact) mass is 643 g/mol. The van der Waals surface area contributed by atoms with E-state index in [-0.39, 0.29) is 35.6 Å². The molecule has 46 heavy (non-hydrogen) atoms. The second-order valence-electron chi connectivity index (χ2n) is 10.6. The highest BCUT2D eigenvalue weighted by atomic mass is 16.7. The highest BCUT2D eigenvalue weighted by Gasteiger charge is 2.53. The summed E-state index contributed by atoms with van der Waals surface area (Å²) < 4.78 is 44.8. The number of carbonyl (C=O) groups excluding carboxylic acids is 5. The second kappa shape index (κ2) is 15.5. The van der Waals surface area contributed by atoms with E-state index in [1.807, 2.05) is 24.3 Å². The summed E-state index contributed by atoms with van der Waals surface area (Å²) in [6, 6.07) is 12.3. The number of hydrogen-bond acceptors (Lipinski definition) is 13. The first-order chi connectivity index (χ1) is 22.0. The Morgan fingerprint density at radius 2 is 1.50 bits per heavy atom. The van der Waals surface area contributed by atoms with Gasteiger partial charge in [-0.3, -0.25) is 24.0 Å². The highest BCUT2D eigenvalue weighted by molar-refractivity contribution is 5.95. The van der Waals surface area contributed by atoms with Crippen LogP contribution in [-0.4, -0.2) is 87.4 Å². The Balaban J connectivity index is 1.57. The van der Waals surface area contributed by atoms with Crippen molar-refractivity contribution in [2.24, 2.45) is 0 Å². The molecule has 4 rings (SSSR count). The van der Waals surface area contributed by atoms with E-state index >= 15 is 0 Å². The Bertz CT molecular complexity index is 1440. The number of nitrogens with one attached hydrogen (secondary N) is 1. The summed E-state index contributed by atoms with van der Waals surface area (Å²) in [6.45, 7) is 4.93. The van der Waals surface area contributed by atoms with Crippen molar-refractivity contribution >= 4 is 29.8 Å². The molecule has 0 spiro atoms. The van der Waals surface area contributed by atoms with Gasteiger partial charge in [-0.15, -0.1) is 0 Å². The Kier molecular flexibility index (Phi) is 11.6. The van der Waals surface area contributed by atoms with Gasteiger partial charge in [0, 0.05) is 39.8 Å². The Morgan fingerprint density at radius 1 is 0.826 bits per heavy atom. The van der Waals surface area contributed by atoms with Crippen LogP contribution in [0.1, 0.15) is 55.3 Å². The number of esters is 4. The fraction of sp³-hybridized carbons (Fsp3) is 0.469. The summed E-state index contributed by atoms with van der Waals surface area (Å²) in [7, 11) is 1.36. The first-order valence-electron chi connectivity index (χ1n) is 14.6. The van der Waals surface area contributed by atoms with E-state index in [0.717, 1.165) is 32.8 Å². The molecule has 2 aliphatic rings. The van der Waals surface area contributed by atoms with Crippen LogP contribution >= 0.6 is 0 Å². The van der Waals surface area contributed by atoms with Crippen LogP contribution in [0.2, 0.25) is 0 Å². The molecule has 14 nitrogen and oxygen atoms in total. The summed E-state index contributed by atoms with van der Waals surface area (Å²) >= 11 is 0. The van der Waals surface area contributed by atoms with Crippen LogP contribution < -0.4 is 14.8 Å². The zero-order valence-electron chi connectivity index (χ0n) is 26.1. The van der Waals surface area contributed by atoms with Crippen LogP contribution in [0.15, 0.2) is 42.5 Å². The van der Waals surface area contributed by atoms with Gasteiger partial charge in [0.15, 0.2) is 23.7 Å². The number of methoxy groups -OCH3 is 1. The number of benzene rings is 2. The molecule has 2 aromatic carbocycles. The van der Waals surface area contributed by atoms with E-state index in [2.05, 4.69) is 5.32 Å². The number of rotatable bonds is 11. The van der Waals surface area contributed by atoms with Gasteiger partial charge in [-0.1, -0.05) is 24.3 Å². The molecule has 2 aromatic rings. The summed E-state index contributed by atoms with van der Waals surface area (Å²) in [5.74, 6) is -3.14. The third kappa shape index (κ3) is 8.73. The molecule has 6 atom stereocenters. The Labute approximate surface area is 265 Å². The zero-order valence-corrected chi connectivity index (χ0v) is 26.1. The van der Waals surface area contributed by atoms with Crippen molar-refractivity contribution in [3.63, 3.8) is 0 Å². The lowest BCUT2D eigenvalue weighted by Crippen LogP contribution is -2.63. The number of hydrogen-bond donors (Lipinski definition) is 1. The lowest BCUT2D eigenvalue weighted by atomic mass is 9.97. The largest absolute Gasteiger partial charge is 0.493 e. The molecule has 0 unspecified atom stereocenters. The van der Waals surface area contributed by atoms with Gasteiger partial charge in [0.05, 0.1) is 13.7 Å². The van der Waals surface area contributed by atoms with Crippen molar-refractivity contribution in [3.8, 4) is 11.5 Å². The number of fused-ring (bicyclic) bond motifs is 1. The third-order valence-corrected chi connectivity index (χ3v) is 7.16. The topological polar surface area (TPSA) is 171 Å². The van der Waals surface area contributed by atoms with E-state index in [0.29, 0.717) is 6.61 Å². The first-order valence-corrected chi connectivity index (χ1v) is 14.6. The van der Waals surface area contributed by atoms with E-state index in [1.54, 1.807) is 0 Å². The molecule has 1 saturated heterocycles. The molecule has 1 N–H and O–H groups in total. The molecule has 14 heteroatoms. The molecule has 2 heterocycles. The molecule has 0 aliphatic carbocycles. The van der Waals surface area contributed by atoms with Crippen molar-refractivity contribution in [2.75, 3.05) is 26.9 Å². The second-order valence-corrected chi connectivity index (χ2v) is 10.6. The predicted octanol–water partition coefficient (Wildman–Crippen LogP) is 2.20. The van der Waals surface area contributed by atoms with Gasteiger partial charge in [0.1, 0.15) is 18.8 Å². The zero-order chi connectivity index (χ0) is 33.4. The molecule has 0 radical (unpaired) electrons. The summed E-state index contributed by atoms with van der Waals surface area (Å²) in [6.07, 6.45) is -6.34. The van der Waals surface area contributed by atoms with Crippen molar-refractivity contribution in [2.45, 2.75) is 70.9 Å². The number of ether oxygens (including phenoxy) is 8. The minimum Gasteiger partial charge on any atom is -0.493 e. The molecule has 0 bridgehead atoms. The molecular weight excluding hydrogens is 606 g/mol. The average Bonchev–Trinajstić information content (AvgIpc) is 3.01. The maximum Gasteiger partial charge on any atom is 0.303 e. The van der Waals surface area contributed by atoms with E-state index in [9.17, 15) is 24.0 Å². The van der Waals surface area contributed by atoms with Crippen LogP contribution in [-0.2, 0) is 54.0 Å². The van der Waals surface area contributed by atoms with Gasteiger partial charge in [-0.25, -0.2) is 0 Å². The van der Waals surface area contributed by atoms with Crippen LogP contribution in [0, 0.1) is 0 Å². The van der Waals surface area contributed by atoms with E-state index in [4.69, 9.17) is 37.9 Å². The Morgan fingerprint density at radius 3 is 2.17 bits per heavy atom. The maximum absolute atomic E-state index is 13.1. The SMILES string of the molecule is COc1cc(C(=O)NC[C@@H]2OCCc3ccccc32)ccc1O[C@@H]1O[C@H](COC(C)=O)[C@H](OC(C)=O)[C@@H](OC(C)=O)[C@@H]1OC(C)=O. The standard InChI is InChI=1S/C32H37NO13/c1-17(34)41-16-27-28(42-18(2)35)29(43-19(3)36)30(44-20(4)37)32(46-27)45-24-11-10-22(14-25(24)39-5)31(38)33-15-26-23-9-7-6-8-21(23)12-13-40-26/h6-11,14,26-30,32H,12-13,15-16H2,1-5H3,(H,33,38)/t26-,27+,28-,29+,30-,32+/m0/s1. The van der Waals surface area contributed by atoms with E-state index < -0.39 is 61.2 Å². The quantitative estimate of drug-likeness (QED) is 0.279. The lowest BCUT2D eigenvalue weighted by molar-refractivity contribution is -0.288.